The Balaban J connectivity index is 0. The van der Waals surface area contributed by atoms with Crippen molar-refractivity contribution in [3.05, 3.63) is 0 Å². The fraction of sp³-hybridized carbons (Fsp3) is 1.00. The van der Waals surface area contributed by atoms with Gasteiger partial charge in [0.1, 0.15) is 0 Å². The summed E-state index contributed by atoms with van der Waals surface area (Å²) in [5.41, 5.74) is 0. The normalized spacial score (nSPS) is 21.0. The maximum Gasteiger partial charge on any atom is 0.00649 e. The Hall–Kier alpha value is -0.0400. The molecule has 0 aromatic rings. The van der Waals surface area contributed by atoms with E-state index in [1.807, 2.05) is 27.7 Å². The first-order chi connectivity index (χ1) is 5.43. The highest BCUT2D eigenvalue weighted by Gasteiger charge is 2.09. The van der Waals surface area contributed by atoms with Gasteiger partial charge in [-0.25, -0.2) is 0 Å². The monoisotopic (exact) mass is 159 g/mol. The first-order valence-electron chi connectivity index (χ1n) is 5.17. The highest BCUT2D eigenvalue weighted by atomic mass is 14.9. The molecule has 1 atom stereocenters. The molecule has 1 nitrogen and oxygen atoms in total. The minimum absolute atomic E-state index is 0.847. The smallest absolute Gasteiger partial charge is 0.00649 e. The van der Waals surface area contributed by atoms with Crippen molar-refractivity contribution in [2.45, 2.75) is 59.9 Å². The molecule has 0 bridgehead atoms. The molecule has 1 aliphatic rings. The summed E-state index contributed by atoms with van der Waals surface area (Å²) in [6.07, 6.45) is 4.09. The van der Waals surface area contributed by atoms with Gasteiger partial charge < -0.3 is 5.32 Å². The topological polar surface area (TPSA) is 12.0 Å². The average molecular weight is 159 g/mol. The van der Waals surface area contributed by atoms with E-state index in [1.165, 1.54) is 25.8 Å². The third kappa shape index (κ3) is 7.86. The van der Waals surface area contributed by atoms with Crippen molar-refractivity contribution >= 4 is 0 Å². The third-order valence-electron chi connectivity index (χ3n) is 1.66. The Bertz CT molecular complexity index is 46.8. The maximum absolute atomic E-state index is 3.41. The number of hydrogen-bond donors (Lipinski definition) is 1. The highest BCUT2D eigenvalue weighted by Crippen LogP contribution is 2.06. The van der Waals surface area contributed by atoms with E-state index in [0.717, 1.165) is 6.04 Å². The van der Waals surface area contributed by atoms with Crippen molar-refractivity contribution in [2.24, 2.45) is 0 Å². The molecule has 1 saturated heterocycles. The molecule has 1 N–H and O–H groups in total. The molecule has 0 unspecified atom stereocenters. The van der Waals surface area contributed by atoms with E-state index in [-0.39, 0.29) is 0 Å². The van der Waals surface area contributed by atoms with Crippen LogP contribution >= 0.6 is 0 Å². The van der Waals surface area contributed by atoms with Gasteiger partial charge in [0.2, 0.25) is 0 Å². The van der Waals surface area contributed by atoms with E-state index in [9.17, 15) is 0 Å². The van der Waals surface area contributed by atoms with Gasteiger partial charge in [0.25, 0.3) is 0 Å². The van der Waals surface area contributed by atoms with Crippen LogP contribution in [0.15, 0.2) is 0 Å². The van der Waals surface area contributed by atoms with Crippen LogP contribution in [0.4, 0.5) is 0 Å². The lowest BCUT2D eigenvalue weighted by molar-refractivity contribution is 0.587. The van der Waals surface area contributed by atoms with Crippen molar-refractivity contribution in [1.82, 2.24) is 5.32 Å². The SMILES string of the molecule is CC.CC.CC[C@@H]1CCCN1. The Labute approximate surface area is 72.6 Å². The van der Waals surface area contributed by atoms with E-state index in [2.05, 4.69) is 12.2 Å². The molecule has 0 aliphatic carbocycles. The summed E-state index contributed by atoms with van der Waals surface area (Å²) in [6, 6.07) is 0.847. The van der Waals surface area contributed by atoms with Gasteiger partial charge >= 0.3 is 0 Å². The Morgan fingerprint density at radius 2 is 1.73 bits per heavy atom. The Morgan fingerprint density at radius 3 is 1.91 bits per heavy atom. The lowest BCUT2D eigenvalue weighted by atomic mass is 10.2. The van der Waals surface area contributed by atoms with E-state index in [1.54, 1.807) is 0 Å². The van der Waals surface area contributed by atoms with Crippen LogP contribution in [0.1, 0.15) is 53.9 Å². The van der Waals surface area contributed by atoms with Crippen LogP contribution in [0.2, 0.25) is 0 Å². The second-order valence-electron chi connectivity index (χ2n) is 2.20. The van der Waals surface area contributed by atoms with Gasteiger partial charge in [-0.15, -0.1) is 0 Å². The van der Waals surface area contributed by atoms with E-state index >= 15 is 0 Å². The molecule has 1 fully saturated rings. The molecular formula is C10H25N. The summed E-state index contributed by atoms with van der Waals surface area (Å²) in [5.74, 6) is 0. The highest BCUT2D eigenvalue weighted by molar-refractivity contribution is 4.71. The lowest BCUT2D eigenvalue weighted by Crippen LogP contribution is -2.19. The Morgan fingerprint density at radius 1 is 1.18 bits per heavy atom. The largest absolute Gasteiger partial charge is 0.314 e. The second-order valence-corrected chi connectivity index (χ2v) is 2.20. The molecule has 0 amide bonds. The van der Waals surface area contributed by atoms with Crippen LogP contribution in [0.3, 0.4) is 0 Å². The van der Waals surface area contributed by atoms with Crippen molar-refractivity contribution < 1.29 is 0 Å². The molecule has 0 spiro atoms. The lowest BCUT2D eigenvalue weighted by Gasteiger charge is -2.02. The standard InChI is InChI=1S/C6H13N.2C2H6/c1-2-6-4-3-5-7-6;2*1-2/h6-7H,2-5H2,1H3;2*1-2H3/t6-;;/m1../s1. The number of hydrogen-bond acceptors (Lipinski definition) is 1. The van der Waals surface area contributed by atoms with Crippen molar-refractivity contribution in [1.29, 1.82) is 0 Å². The summed E-state index contributed by atoms with van der Waals surface area (Å²) in [7, 11) is 0. The fourth-order valence-electron chi connectivity index (χ4n) is 1.11. The zero-order valence-electron chi connectivity index (χ0n) is 8.91. The molecule has 1 heterocycles. The molecule has 1 aliphatic heterocycles. The Kier molecular flexibility index (Phi) is 15.5. The molecule has 1 heteroatoms. The van der Waals surface area contributed by atoms with Gasteiger partial charge in [-0.1, -0.05) is 34.6 Å². The van der Waals surface area contributed by atoms with Gasteiger partial charge in [-0.05, 0) is 25.8 Å². The maximum atomic E-state index is 3.41. The molecule has 0 radical (unpaired) electrons. The summed E-state index contributed by atoms with van der Waals surface area (Å²) >= 11 is 0. The summed E-state index contributed by atoms with van der Waals surface area (Å²) in [5, 5.41) is 3.41. The van der Waals surface area contributed by atoms with Crippen LogP contribution in [0, 0.1) is 0 Å². The molecule has 1 rings (SSSR count). The molecule has 0 aromatic heterocycles. The van der Waals surface area contributed by atoms with Crippen LogP contribution in [0.25, 0.3) is 0 Å². The fourth-order valence-corrected chi connectivity index (χ4v) is 1.11. The van der Waals surface area contributed by atoms with Crippen molar-refractivity contribution in [3.8, 4) is 0 Å². The quantitative estimate of drug-likeness (QED) is 0.619. The number of rotatable bonds is 1. The minimum atomic E-state index is 0.847. The predicted octanol–water partition coefficient (Wildman–Crippen LogP) is 3.20. The van der Waals surface area contributed by atoms with Gasteiger partial charge in [0.05, 0.1) is 0 Å². The third-order valence-corrected chi connectivity index (χ3v) is 1.66. The summed E-state index contributed by atoms with van der Waals surface area (Å²) in [4.78, 5) is 0. The second kappa shape index (κ2) is 12.6. The van der Waals surface area contributed by atoms with E-state index in [0.29, 0.717) is 0 Å². The van der Waals surface area contributed by atoms with Gasteiger partial charge in [0.15, 0.2) is 0 Å². The summed E-state index contributed by atoms with van der Waals surface area (Å²) in [6.45, 7) is 11.5. The van der Waals surface area contributed by atoms with E-state index < -0.39 is 0 Å². The zero-order valence-corrected chi connectivity index (χ0v) is 8.91. The van der Waals surface area contributed by atoms with Gasteiger partial charge in [-0.2, -0.15) is 0 Å². The average Bonchev–Trinajstić information content (AvgIpc) is 2.63. The van der Waals surface area contributed by atoms with Gasteiger partial charge in [0, 0.05) is 6.04 Å². The first-order valence-corrected chi connectivity index (χ1v) is 5.17. The van der Waals surface area contributed by atoms with Crippen LogP contribution in [-0.4, -0.2) is 12.6 Å². The predicted molar refractivity (Wildman–Crippen MR) is 54.0 cm³/mol. The minimum Gasteiger partial charge on any atom is -0.314 e. The summed E-state index contributed by atoms with van der Waals surface area (Å²) < 4.78 is 0. The van der Waals surface area contributed by atoms with Crippen molar-refractivity contribution in [3.63, 3.8) is 0 Å². The molecular weight excluding hydrogens is 134 g/mol. The first kappa shape index (κ1) is 13.5. The number of nitrogens with one attached hydrogen (secondary N) is 1. The van der Waals surface area contributed by atoms with Crippen molar-refractivity contribution in [2.75, 3.05) is 6.54 Å². The van der Waals surface area contributed by atoms with Crippen LogP contribution in [0.5, 0.6) is 0 Å². The van der Waals surface area contributed by atoms with Crippen LogP contribution in [-0.2, 0) is 0 Å². The molecule has 0 saturated carbocycles. The van der Waals surface area contributed by atoms with E-state index in [4.69, 9.17) is 0 Å². The molecule has 11 heavy (non-hydrogen) atoms. The zero-order chi connectivity index (χ0) is 9.11. The molecule has 0 aromatic carbocycles. The van der Waals surface area contributed by atoms with Crippen LogP contribution < -0.4 is 5.32 Å². The molecule has 70 valence electrons. The van der Waals surface area contributed by atoms with Gasteiger partial charge in [-0.3, -0.25) is 0 Å².